The monoisotopic (exact) mass is 378 g/mol. The van der Waals surface area contributed by atoms with Crippen molar-refractivity contribution in [3.8, 4) is 11.5 Å². The van der Waals surface area contributed by atoms with Gasteiger partial charge < -0.3 is 20.1 Å². The van der Waals surface area contributed by atoms with Gasteiger partial charge in [0.15, 0.2) is 0 Å². The van der Waals surface area contributed by atoms with Crippen molar-refractivity contribution in [2.75, 3.05) is 19.5 Å². The molecule has 0 bridgehead atoms. The number of benzene rings is 2. The molecule has 0 spiro atoms. The molecule has 1 amide bonds. The number of anilines is 1. The molecule has 1 heterocycles. The van der Waals surface area contributed by atoms with Crippen molar-refractivity contribution in [3.63, 3.8) is 0 Å². The number of carbonyl (C=O) groups is 1. The molecule has 7 nitrogen and oxygen atoms in total. The van der Waals surface area contributed by atoms with E-state index in [0.29, 0.717) is 24.7 Å². The minimum Gasteiger partial charge on any atom is -0.497 e. The highest BCUT2D eigenvalue weighted by Crippen LogP contribution is 2.17. The van der Waals surface area contributed by atoms with Gasteiger partial charge in [0, 0.05) is 24.8 Å². The molecule has 0 fully saturated rings. The van der Waals surface area contributed by atoms with Crippen LogP contribution in [0, 0.1) is 0 Å². The van der Waals surface area contributed by atoms with Gasteiger partial charge in [0.1, 0.15) is 17.2 Å². The summed E-state index contributed by atoms with van der Waals surface area (Å²) in [7, 11) is 3.23. The highest BCUT2D eigenvalue weighted by Gasteiger charge is 2.10. The lowest BCUT2D eigenvalue weighted by Crippen LogP contribution is -2.24. The minimum absolute atomic E-state index is 0.277. The zero-order valence-electron chi connectivity index (χ0n) is 15.8. The standard InChI is InChI=1S/C21H22N4O3/c1-27-17-9-7-15(8-10-17)13-24-21-22-12-11-18(25-21)20(26)23-14-16-5-3-4-6-19(16)28-2/h3-12H,13-14H2,1-2H3,(H,23,26)(H,22,24,25). The van der Waals surface area contributed by atoms with Crippen LogP contribution in [0.15, 0.2) is 60.8 Å². The third kappa shape index (κ3) is 4.97. The Hall–Kier alpha value is -3.61. The number of hydrogen-bond acceptors (Lipinski definition) is 6. The molecule has 3 rings (SSSR count). The Labute approximate surface area is 163 Å². The van der Waals surface area contributed by atoms with E-state index in [2.05, 4.69) is 20.6 Å². The predicted octanol–water partition coefficient (Wildman–Crippen LogP) is 3.04. The summed E-state index contributed by atoms with van der Waals surface area (Å²) >= 11 is 0. The molecule has 0 saturated heterocycles. The summed E-state index contributed by atoms with van der Waals surface area (Å²) in [5.41, 5.74) is 2.24. The number of hydrogen-bond donors (Lipinski definition) is 2. The number of methoxy groups -OCH3 is 2. The first-order chi connectivity index (χ1) is 13.7. The van der Waals surface area contributed by atoms with Crippen LogP contribution >= 0.6 is 0 Å². The van der Waals surface area contributed by atoms with E-state index in [4.69, 9.17) is 9.47 Å². The first-order valence-corrected chi connectivity index (χ1v) is 8.79. The van der Waals surface area contributed by atoms with Gasteiger partial charge in [-0.15, -0.1) is 0 Å². The van der Waals surface area contributed by atoms with Gasteiger partial charge >= 0.3 is 0 Å². The van der Waals surface area contributed by atoms with Gasteiger partial charge in [-0.2, -0.15) is 0 Å². The molecule has 3 aromatic rings. The molecular formula is C21H22N4O3. The summed E-state index contributed by atoms with van der Waals surface area (Å²) in [4.78, 5) is 20.9. The lowest BCUT2D eigenvalue weighted by molar-refractivity contribution is 0.0945. The van der Waals surface area contributed by atoms with Crippen LogP contribution in [-0.2, 0) is 13.1 Å². The first kappa shape index (κ1) is 19.2. The van der Waals surface area contributed by atoms with Crippen LogP contribution in [0.4, 0.5) is 5.95 Å². The van der Waals surface area contributed by atoms with Gasteiger partial charge in [-0.05, 0) is 29.8 Å². The number of nitrogens with zero attached hydrogens (tertiary/aromatic N) is 2. The maximum absolute atomic E-state index is 12.4. The normalized spacial score (nSPS) is 10.2. The average molecular weight is 378 g/mol. The fourth-order valence-electron chi connectivity index (χ4n) is 2.61. The van der Waals surface area contributed by atoms with E-state index in [9.17, 15) is 4.79 Å². The molecule has 0 atom stereocenters. The Balaban J connectivity index is 1.59. The molecular weight excluding hydrogens is 356 g/mol. The summed E-state index contributed by atoms with van der Waals surface area (Å²) in [6.07, 6.45) is 1.56. The lowest BCUT2D eigenvalue weighted by Gasteiger charge is -2.10. The number of ether oxygens (including phenoxy) is 2. The van der Waals surface area contributed by atoms with Crippen molar-refractivity contribution in [2.24, 2.45) is 0 Å². The molecule has 0 saturated carbocycles. The van der Waals surface area contributed by atoms with Crippen molar-refractivity contribution in [1.82, 2.24) is 15.3 Å². The molecule has 2 aromatic carbocycles. The molecule has 144 valence electrons. The largest absolute Gasteiger partial charge is 0.497 e. The highest BCUT2D eigenvalue weighted by molar-refractivity contribution is 5.92. The zero-order chi connectivity index (χ0) is 19.8. The molecule has 0 aliphatic rings. The summed E-state index contributed by atoms with van der Waals surface area (Å²) in [5.74, 6) is 1.64. The maximum atomic E-state index is 12.4. The Bertz CT molecular complexity index is 929. The fourth-order valence-corrected chi connectivity index (χ4v) is 2.61. The van der Waals surface area contributed by atoms with Gasteiger partial charge in [-0.3, -0.25) is 4.79 Å². The van der Waals surface area contributed by atoms with E-state index in [1.54, 1.807) is 26.5 Å². The molecule has 0 unspecified atom stereocenters. The van der Waals surface area contributed by atoms with Crippen LogP contribution < -0.4 is 20.1 Å². The molecule has 1 aromatic heterocycles. The van der Waals surface area contributed by atoms with Gasteiger partial charge in [-0.1, -0.05) is 30.3 Å². The average Bonchev–Trinajstić information content (AvgIpc) is 2.76. The van der Waals surface area contributed by atoms with Crippen LogP contribution in [0.1, 0.15) is 21.6 Å². The van der Waals surface area contributed by atoms with E-state index in [0.717, 1.165) is 22.6 Å². The van der Waals surface area contributed by atoms with E-state index >= 15 is 0 Å². The van der Waals surface area contributed by atoms with Crippen LogP contribution in [0.25, 0.3) is 0 Å². The van der Waals surface area contributed by atoms with E-state index in [-0.39, 0.29) is 5.91 Å². The second-order valence-corrected chi connectivity index (χ2v) is 5.96. The van der Waals surface area contributed by atoms with Crippen LogP contribution in [0.2, 0.25) is 0 Å². The quantitative estimate of drug-likeness (QED) is 0.627. The number of amides is 1. The van der Waals surface area contributed by atoms with Crippen molar-refractivity contribution in [3.05, 3.63) is 77.6 Å². The molecule has 0 aliphatic carbocycles. The summed E-state index contributed by atoms with van der Waals surface area (Å²) in [5, 5.41) is 5.98. The number of carbonyl (C=O) groups excluding carboxylic acids is 1. The van der Waals surface area contributed by atoms with Crippen molar-refractivity contribution >= 4 is 11.9 Å². The first-order valence-electron chi connectivity index (χ1n) is 8.79. The van der Waals surface area contributed by atoms with Gasteiger partial charge in [0.05, 0.1) is 14.2 Å². The third-order valence-corrected chi connectivity index (χ3v) is 4.13. The van der Waals surface area contributed by atoms with Crippen molar-refractivity contribution in [2.45, 2.75) is 13.1 Å². The Kier molecular flexibility index (Phi) is 6.41. The second-order valence-electron chi connectivity index (χ2n) is 5.96. The predicted molar refractivity (Wildman–Crippen MR) is 107 cm³/mol. The van der Waals surface area contributed by atoms with E-state index in [1.165, 1.54) is 0 Å². The fraction of sp³-hybridized carbons (Fsp3) is 0.190. The van der Waals surface area contributed by atoms with Crippen LogP contribution in [0.3, 0.4) is 0 Å². The van der Waals surface area contributed by atoms with E-state index < -0.39 is 0 Å². The van der Waals surface area contributed by atoms with Gasteiger partial charge in [0.2, 0.25) is 5.95 Å². The van der Waals surface area contributed by atoms with Gasteiger partial charge in [-0.25, -0.2) is 9.97 Å². The van der Waals surface area contributed by atoms with Crippen molar-refractivity contribution < 1.29 is 14.3 Å². The Morgan fingerprint density at radius 2 is 1.75 bits per heavy atom. The minimum atomic E-state index is -0.277. The summed E-state index contributed by atoms with van der Waals surface area (Å²) in [6.45, 7) is 0.887. The smallest absolute Gasteiger partial charge is 0.270 e. The second kappa shape index (κ2) is 9.36. The molecule has 0 aliphatic heterocycles. The zero-order valence-corrected chi connectivity index (χ0v) is 15.8. The Morgan fingerprint density at radius 3 is 2.50 bits per heavy atom. The number of aromatic nitrogens is 2. The van der Waals surface area contributed by atoms with Crippen LogP contribution in [0.5, 0.6) is 11.5 Å². The molecule has 28 heavy (non-hydrogen) atoms. The molecule has 7 heteroatoms. The number of para-hydroxylation sites is 1. The maximum Gasteiger partial charge on any atom is 0.270 e. The highest BCUT2D eigenvalue weighted by atomic mass is 16.5. The lowest BCUT2D eigenvalue weighted by atomic mass is 10.2. The molecule has 0 radical (unpaired) electrons. The number of nitrogens with one attached hydrogen (secondary N) is 2. The SMILES string of the molecule is COc1ccc(CNc2nccc(C(=O)NCc3ccccc3OC)n2)cc1. The van der Waals surface area contributed by atoms with Crippen LogP contribution in [-0.4, -0.2) is 30.1 Å². The summed E-state index contributed by atoms with van der Waals surface area (Å²) < 4.78 is 10.4. The topological polar surface area (TPSA) is 85.4 Å². The Morgan fingerprint density at radius 1 is 0.964 bits per heavy atom. The van der Waals surface area contributed by atoms with Crippen molar-refractivity contribution in [1.29, 1.82) is 0 Å². The summed E-state index contributed by atoms with van der Waals surface area (Å²) in [6, 6.07) is 16.8. The van der Waals surface area contributed by atoms with E-state index in [1.807, 2.05) is 48.5 Å². The molecule has 2 N–H and O–H groups in total. The third-order valence-electron chi connectivity index (χ3n) is 4.13. The van der Waals surface area contributed by atoms with Gasteiger partial charge in [0.25, 0.3) is 5.91 Å². The number of rotatable bonds is 8.